The van der Waals surface area contributed by atoms with Gasteiger partial charge in [0.25, 0.3) is 0 Å². The highest BCUT2D eigenvalue weighted by molar-refractivity contribution is 14.1. The van der Waals surface area contributed by atoms with Gasteiger partial charge in [-0.2, -0.15) is 0 Å². The third kappa shape index (κ3) is 3.00. The van der Waals surface area contributed by atoms with Gasteiger partial charge in [0, 0.05) is 3.57 Å². The standard InChI is InChI=1S/C14H12FIO2/c1-9(17)14-12(15)6-3-7-13(14)18-11-5-2-4-10(16)8-11/h2-9,17H,1H3. The molecule has 0 aliphatic carbocycles. The maximum absolute atomic E-state index is 13.6. The molecule has 2 nitrogen and oxygen atoms in total. The smallest absolute Gasteiger partial charge is 0.136 e. The van der Waals surface area contributed by atoms with E-state index in [1.54, 1.807) is 18.2 Å². The lowest BCUT2D eigenvalue weighted by Gasteiger charge is -2.14. The molecule has 0 spiro atoms. The zero-order valence-corrected chi connectivity index (χ0v) is 11.9. The summed E-state index contributed by atoms with van der Waals surface area (Å²) in [6.45, 7) is 1.51. The molecular weight excluding hydrogens is 346 g/mol. The van der Waals surface area contributed by atoms with Crippen LogP contribution in [0, 0.1) is 9.39 Å². The lowest BCUT2D eigenvalue weighted by Crippen LogP contribution is -1.99. The maximum Gasteiger partial charge on any atom is 0.136 e. The molecule has 2 aromatic rings. The zero-order chi connectivity index (χ0) is 13.1. The molecule has 2 rings (SSSR count). The number of rotatable bonds is 3. The van der Waals surface area contributed by atoms with E-state index >= 15 is 0 Å². The van der Waals surface area contributed by atoms with Gasteiger partial charge < -0.3 is 9.84 Å². The third-order valence-electron chi connectivity index (χ3n) is 2.45. The topological polar surface area (TPSA) is 29.5 Å². The second-order valence-electron chi connectivity index (χ2n) is 3.89. The summed E-state index contributed by atoms with van der Waals surface area (Å²) in [4.78, 5) is 0. The van der Waals surface area contributed by atoms with Crippen LogP contribution in [-0.4, -0.2) is 5.11 Å². The molecule has 0 heterocycles. The number of hydrogen-bond acceptors (Lipinski definition) is 2. The van der Waals surface area contributed by atoms with Gasteiger partial charge in [0.05, 0.1) is 11.7 Å². The molecule has 1 unspecified atom stereocenters. The number of halogens is 2. The highest BCUT2D eigenvalue weighted by Crippen LogP contribution is 2.31. The van der Waals surface area contributed by atoms with Gasteiger partial charge in [-0.3, -0.25) is 0 Å². The summed E-state index contributed by atoms with van der Waals surface area (Å²) in [5.41, 5.74) is 0.177. The molecule has 0 aliphatic heterocycles. The molecule has 1 N–H and O–H groups in total. The van der Waals surface area contributed by atoms with Gasteiger partial charge in [-0.15, -0.1) is 0 Å². The summed E-state index contributed by atoms with van der Waals surface area (Å²) in [6.07, 6.45) is -0.913. The first-order chi connectivity index (χ1) is 8.58. The van der Waals surface area contributed by atoms with E-state index in [9.17, 15) is 9.50 Å². The molecule has 2 aromatic carbocycles. The summed E-state index contributed by atoms with van der Waals surface area (Å²) in [6, 6.07) is 11.9. The first kappa shape index (κ1) is 13.3. The molecule has 18 heavy (non-hydrogen) atoms. The number of aliphatic hydroxyl groups excluding tert-OH is 1. The van der Waals surface area contributed by atoms with Crippen LogP contribution in [0.1, 0.15) is 18.6 Å². The van der Waals surface area contributed by atoms with E-state index in [1.165, 1.54) is 13.0 Å². The first-order valence-electron chi connectivity index (χ1n) is 5.48. The van der Waals surface area contributed by atoms with E-state index in [-0.39, 0.29) is 5.56 Å². The quantitative estimate of drug-likeness (QED) is 0.831. The minimum Gasteiger partial charge on any atom is -0.457 e. The Morgan fingerprint density at radius 1 is 1.22 bits per heavy atom. The lowest BCUT2D eigenvalue weighted by atomic mass is 10.1. The molecule has 0 radical (unpaired) electrons. The summed E-state index contributed by atoms with van der Waals surface area (Å²) >= 11 is 2.17. The Labute approximate surface area is 119 Å². The maximum atomic E-state index is 13.6. The van der Waals surface area contributed by atoms with Gasteiger partial charge in [-0.05, 0) is 59.8 Å². The van der Waals surface area contributed by atoms with Crippen molar-refractivity contribution in [2.75, 3.05) is 0 Å². The van der Waals surface area contributed by atoms with E-state index in [1.807, 2.05) is 18.2 Å². The van der Waals surface area contributed by atoms with Crippen LogP contribution in [0.25, 0.3) is 0 Å². The van der Waals surface area contributed by atoms with Gasteiger partial charge >= 0.3 is 0 Å². The Bertz CT molecular complexity index is 555. The number of ether oxygens (including phenoxy) is 1. The minimum atomic E-state index is -0.913. The molecule has 0 bridgehead atoms. The van der Waals surface area contributed by atoms with E-state index < -0.39 is 11.9 Å². The van der Waals surface area contributed by atoms with Crippen LogP contribution in [0.5, 0.6) is 11.5 Å². The summed E-state index contributed by atoms with van der Waals surface area (Å²) in [7, 11) is 0. The Kier molecular flexibility index (Phi) is 4.19. The predicted molar refractivity (Wildman–Crippen MR) is 76.3 cm³/mol. The van der Waals surface area contributed by atoms with Crippen molar-refractivity contribution >= 4 is 22.6 Å². The van der Waals surface area contributed by atoms with E-state index in [2.05, 4.69) is 22.6 Å². The van der Waals surface area contributed by atoms with Crippen LogP contribution >= 0.6 is 22.6 Å². The van der Waals surface area contributed by atoms with Crippen LogP contribution < -0.4 is 4.74 Å². The average molecular weight is 358 g/mol. The molecule has 0 aliphatic rings. The fourth-order valence-electron chi connectivity index (χ4n) is 1.67. The molecule has 94 valence electrons. The van der Waals surface area contributed by atoms with Crippen molar-refractivity contribution in [3.05, 3.63) is 57.4 Å². The van der Waals surface area contributed by atoms with Crippen molar-refractivity contribution in [1.29, 1.82) is 0 Å². The number of benzene rings is 2. The molecule has 1 atom stereocenters. The van der Waals surface area contributed by atoms with Crippen molar-refractivity contribution in [1.82, 2.24) is 0 Å². The van der Waals surface area contributed by atoms with Gasteiger partial charge in [-0.1, -0.05) is 12.1 Å². The van der Waals surface area contributed by atoms with Crippen LogP contribution in [0.3, 0.4) is 0 Å². The summed E-state index contributed by atoms with van der Waals surface area (Å²) < 4.78 is 20.3. The Hall–Kier alpha value is -1.14. The second-order valence-corrected chi connectivity index (χ2v) is 5.13. The van der Waals surface area contributed by atoms with Crippen LogP contribution in [0.4, 0.5) is 4.39 Å². The predicted octanol–water partition coefficient (Wildman–Crippen LogP) is 4.28. The highest BCUT2D eigenvalue weighted by Gasteiger charge is 2.15. The van der Waals surface area contributed by atoms with Crippen molar-refractivity contribution in [3.63, 3.8) is 0 Å². The lowest BCUT2D eigenvalue weighted by molar-refractivity contribution is 0.190. The van der Waals surface area contributed by atoms with Gasteiger partial charge in [0.2, 0.25) is 0 Å². The monoisotopic (exact) mass is 358 g/mol. The third-order valence-corrected chi connectivity index (χ3v) is 3.13. The number of hydrogen-bond donors (Lipinski definition) is 1. The van der Waals surface area contributed by atoms with Gasteiger partial charge in [0.15, 0.2) is 0 Å². The van der Waals surface area contributed by atoms with E-state index in [0.717, 1.165) is 3.57 Å². The summed E-state index contributed by atoms with van der Waals surface area (Å²) in [5.74, 6) is 0.495. The molecule has 0 fully saturated rings. The fraction of sp³-hybridized carbons (Fsp3) is 0.143. The van der Waals surface area contributed by atoms with Crippen LogP contribution in [0.2, 0.25) is 0 Å². The average Bonchev–Trinajstić information content (AvgIpc) is 2.28. The van der Waals surface area contributed by atoms with Crippen molar-refractivity contribution in [2.24, 2.45) is 0 Å². The van der Waals surface area contributed by atoms with E-state index in [0.29, 0.717) is 11.5 Å². The highest BCUT2D eigenvalue weighted by atomic mass is 127. The summed E-state index contributed by atoms with van der Waals surface area (Å²) in [5, 5.41) is 9.60. The van der Waals surface area contributed by atoms with E-state index in [4.69, 9.17) is 4.74 Å². The Morgan fingerprint density at radius 3 is 2.61 bits per heavy atom. The molecular formula is C14H12FIO2. The molecule has 0 saturated carbocycles. The van der Waals surface area contributed by atoms with Crippen molar-refractivity contribution < 1.29 is 14.2 Å². The van der Waals surface area contributed by atoms with Crippen LogP contribution in [0.15, 0.2) is 42.5 Å². The fourth-order valence-corrected chi connectivity index (χ4v) is 2.18. The SMILES string of the molecule is CC(O)c1c(F)cccc1Oc1cccc(I)c1. The number of aliphatic hydroxyl groups is 1. The largest absolute Gasteiger partial charge is 0.457 e. The molecule has 4 heteroatoms. The van der Waals surface area contributed by atoms with Gasteiger partial charge in [-0.25, -0.2) is 4.39 Å². The first-order valence-corrected chi connectivity index (χ1v) is 6.55. The Balaban J connectivity index is 2.37. The molecule has 0 saturated heterocycles. The zero-order valence-electron chi connectivity index (χ0n) is 9.73. The van der Waals surface area contributed by atoms with Gasteiger partial charge in [0.1, 0.15) is 17.3 Å². The molecule has 0 amide bonds. The van der Waals surface area contributed by atoms with Crippen molar-refractivity contribution in [2.45, 2.75) is 13.0 Å². The second kappa shape index (κ2) is 5.67. The minimum absolute atomic E-state index is 0.177. The van der Waals surface area contributed by atoms with Crippen molar-refractivity contribution in [3.8, 4) is 11.5 Å². The normalized spacial score (nSPS) is 12.2. The Morgan fingerprint density at radius 2 is 1.94 bits per heavy atom. The van der Waals surface area contributed by atoms with Crippen LogP contribution in [-0.2, 0) is 0 Å². The molecule has 0 aromatic heterocycles.